The maximum atomic E-state index is 13.6. The molecule has 4 atom stereocenters. The summed E-state index contributed by atoms with van der Waals surface area (Å²) in [4.78, 5) is 41.3. The molecule has 1 saturated heterocycles. The van der Waals surface area contributed by atoms with Crippen LogP contribution in [0, 0.1) is 29.6 Å². The topological polar surface area (TPSA) is 191 Å². The van der Waals surface area contributed by atoms with Gasteiger partial charge in [0.2, 0.25) is 0 Å². The summed E-state index contributed by atoms with van der Waals surface area (Å²) in [7, 11) is -0.861. The third kappa shape index (κ3) is 10.3. The van der Waals surface area contributed by atoms with Crippen molar-refractivity contribution in [2.45, 2.75) is 89.7 Å². The van der Waals surface area contributed by atoms with Crippen LogP contribution in [0.3, 0.4) is 0 Å². The molecule has 0 radical (unpaired) electrons. The average molecular weight is 846 g/mol. The summed E-state index contributed by atoms with van der Waals surface area (Å²) in [5.41, 5.74) is -0.0742. The molecule has 5 rings (SSSR count). The molecular formula is C44H56N5O10P. The number of benzene rings is 3. The van der Waals surface area contributed by atoms with E-state index < -0.39 is 49.3 Å². The summed E-state index contributed by atoms with van der Waals surface area (Å²) in [5, 5.41) is 18.9. The summed E-state index contributed by atoms with van der Waals surface area (Å²) in [6.45, 7) is 8.90. The van der Waals surface area contributed by atoms with Crippen molar-refractivity contribution in [3.63, 3.8) is 0 Å². The Labute approximate surface area is 351 Å². The molecule has 2 heterocycles. The Morgan fingerprint density at radius 3 is 1.97 bits per heavy atom. The molecule has 0 bridgehead atoms. The molecule has 2 N–H and O–H groups in total. The summed E-state index contributed by atoms with van der Waals surface area (Å²) in [5.74, 6) is 1.29. The van der Waals surface area contributed by atoms with Gasteiger partial charge in [-0.3, -0.25) is 0 Å². The Hall–Kier alpha value is -4.93. The van der Waals surface area contributed by atoms with Crippen molar-refractivity contribution >= 4 is 7.87 Å². The normalized spacial score (nSPS) is 18.4. The van der Waals surface area contributed by atoms with E-state index in [2.05, 4.69) is 11.1 Å². The van der Waals surface area contributed by atoms with Crippen molar-refractivity contribution in [1.29, 1.82) is 10.5 Å². The molecule has 0 spiro atoms. The summed E-state index contributed by atoms with van der Waals surface area (Å²) in [6, 6.07) is 28.6. The van der Waals surface area contributed by atoms with Crippen LogP contribution in [0.1, 0.15) is 69.0 Å². The quantitative estimate of drug-likeness (QED) is 0.0434. The number of rotatable bonds is 21. The van der Waals surface area contributed by atoms with Crippen molar-refractivity contribution in [1.82, 2.24) is 14.2 Å². The van der Waals surface area contributed by atoms with Crippen LogP contribution in [0.2, 0.25) is 0 Å². The zero-order valence-corrected chi connectivity index (χ0v) is 36.2. The van der Waals surface area contributed by atoms with Gasteiger partial charge in [0.15, 0.2) is 0 Å². The van der Waals surface area contributed by atoms with Crippen molar-refractivity contribution in [3.8, 4) is 23.6 Å². The van der Waals surface area contributed by atoms with E-state index in [1.165, 1.54) is 10.8 Å². The predicted octanol–water partition coefficient (Wildman–Crippen LogP) is 5.95. The first-order valence-corrected chi connectivity index (χ1v) is 21.9. The third-order valence-corrected chi connectivity index (χ3v) is 13.8. The first kappa shape index (κ1) is 46.1. The van der Waals surface area contributed by atoms with E-state index in [1.54, 1.807) is 21.1 Å². The molecule has 1 aliphatic heterocycles. The van der Waals surface area contributed by atoms with Crippen LogP contribution in [0.4, 0.5) is 0 Å². The molecule has 3 aromatic carbocycles. The van der Waals surface area contributed by atoms with Crippen LogP contribution in [0.25, 0.3) is 0 Å². The fraction of sp³-hybridized carbons (Fsp3) is 0.455. The number of nitrogens with zero attached hydrogens (tertiary/aromatic N) is 4. The number of aryl methyl sites for hydroxylation is 1. The fourth-order valence-electron chi connectivity index (χ4n) is 7.83. The monoisotopic (exact) mass is 845 g/mol. The number of ether oxygens (including phenoxy) is 6. The van der Waals surface area contributed by atoms with Gasteiger partial charge in [0.05, 0.1) is 0 Å². The Kier molecular flexibility index (Phi) is 16.2. The molecule has 0 aliphatic carbocycles. The van der Waals surface area contributed by atoms with Crippen molar-refractivity contribution in [2.24, 2.45) is 0 Å². The number of aromatic amines is 1. The number of H-pyrrole nitrogens is 1. The zero-order chi connectivity index (χ0) is 43.5. The molecule has 1 aliphatic rings. The van der Waals surface area contributed by atoms with Gasteiger partial charge in [0.25, 0.3) is 0 Å². The SMILES string of the molecule is COc1ccc(C(OC[C@H]2O[C@@H](n3cc(C)c(=O)[nH]c3=O)[C@H](OCOCCC#N)[C@@H]2O[PH](O)(CCC#N)N(C(C)C)C(C)C)(c2ccccc2)c2ccc(OC)cc2)cc1. The molecule has 0 saturated carbocycles. The van der Waals surface area contributed by atoms with Crippen LogP contribution >= 0.6 is 7.87 Å². The van der Waals surface area contributed by atoms with Crippen molar-refractivity contribution in [3.05, 3.63) is 128 Å². The van der Waals surface area contributed by atoms with Gasteiger partial charge in [-0.25, -0.2) is 0 Å². The molecule has 0 amide bonds. The molecular weight excluding hydrogens is 789 g/mol. The molecule has 0 unspecified atom stereocenters. The number of nitriles is 2. The Balaban J connectivity index is 1.71. The van der Waals surface area contributed by atoms with Gasteiger partial charge in [-0.15, -0.1) is 0 Å². The van der Waals surface area contributed by atoms with Gasteiger partial charge >= 0.3 is 352 Å². The van der Waals surface area contributed by atoms with Gasteiger partial charge in [-0.1, -0.05) is 0 Å². The molecule has 4 aromatic rings. The molecule has 1 fully saturated rings. The van der Waals surface area contributed by atoms with Crippen LogP contribution in [0.15, 0.2) is 94.6 Å². The van der Waals surface area contributed by atoms with Gasteiger partial charge < -0.3 is 0 Å². The first-order chi connectivity index (χ1) is 28.8. The van der Waals surface area contributed by atoms with E-state index >= 15 is 0 Å². The van der Waals surface area contributed by atoms with Crippen molar-refractivity contribution in [2.75, 3.05) is 40.4 Å². The van der Waals surface area contributed by atoms with E-state index in [9.17, 15) is 19.7 Å². The molecule has 16 heteroatoms. The standard InChI is InChI=1S/C44H56N5O10P/c1-30(2)49(31(3)4)60(52,26-12-24-46)59-39-38(58-42(40(39)56-29-55-25-11-23-45)48-27-32(5)41(50)47-43(48)51)28-57-44(33-13-9-8-10-14-33,34-15-19-36(53-6)20-16-34)35-17-21-37(54-7)22-18-35/h8-10,13-22,27,30-31,38-40,42,52,60H,11-12,25-26,28-29H2,1-7H3,(H,47,50,51)/t38-,39-,40-,42-/m1/s1. The molecule has 15 nitrogen and oxygen atoms in total. The van der Waals surface area contributed by atoms with Crippen LogP contribution in [0.5, 0.6) is 11.5 Å². The van der Waals surface area contributed by atoms with E-state index in [-0.39, 0.29) is 56.7 Å². The molecule has 60 heavy (non-hydrogen) atoms. The average Bonchev–Trinajstić information content (AvgIpc) is 3.57. The molecule has 1 aromatic heterocycles. The van der Waals surface area contributed by atoms with Crippen LogP contribution in [-0.4, -0.2) is 89.9 Å². The van der Waals surface area contributed by atoms with Crippen LogP contribution < -0.4 is 20.7 Å². The number of hydrogen-bond donors (Lipinski definition) is 2. The van der Waals surface area contributed by atoms with Gasteiger partial charge in [-0.2, -0.15) is 0 Å². The second kappa shape index (κ2) is 21.0. The Morgan fingerprint density at radius 1 is 0.867 bits per heavy atom. The van der Waals surface area contributed by atoms with Crippen LogP contribution in [-0.2, 0) is 29.1 Å². The van der Waals surface area contributed by atoms with E-state index in [4.69, 9.17) is 38.2 Å². The Bertz CT molecular complexity index is 2130. The maximum absolute atomic E-state index is 13.6. The third-order valence-electron chi connectivity index (χ3n) is 10.4. The minimum absolute atomic E-state index is 0.00423. The summed E-state index contributed by atoms with van der Waals surface area (Å²) in [6.07, 6.45) is -3.01. The predicted molar refractivity (Wildman–Crippen MR) is 227 cm³/mol. The Morgan fingerprint density at radius 2 is 1.43 bits per heavy atom. The number of aromatic nitrogens is 2. The summed E-state index contributed by atoms with van der Waals surface area (Å²) >= 11 is 0. The fourth-order valence-corrected chi connectivity index (χ4v) is 11.1. The zero-order valence-electron chi connectivity index (χ0n) is 35.2. The first-order valence-electron chi connectivity index (χ1n) is 19.9. The number of hydrogen-bond acceptors (Lipinski definition) is 13. The minimum atomic E-state index is -4.05. The number of nitrogens with one attached hydrogen (secondary N) is 1. The van der Waals surface area contributed by atoms with Crippen molar-refractivity contribution < 1.29 is 37.8 Å². The second-order valence-corrected chi connectivity index (χ2v) is 17.7. The van der Waals surface area contributed by atoms with E-state index in [0.717, 1.165) is 16.7 Å². The van der Waals surface area contributed by atoms with E-state index in [1.807, 2.05) is 117 Å². The number of methoxy groups -OCH3 is 2. The molecule has 322 valence electrons. The van der Waals surface area contributed by atoms with Gasteiger partial charge in [0.1, 0.15) is 0 Å². The van der Waals surface area contributed by atoms with Gasteiger partial charge in [-0.05, 0) is 0 Å². The van der Waals surface area contributed by atoms with E-state index in [0.29, 0.717) is 11.5 Å². The summed E-state index contributed by atoms with van der Waals surface area (Å²) < 4.78 is 47.3. The van der Waals surface area contributed by atoms with Gasteiger partial charge in [0, 0.05) is 0 Å². The second-order valence-electron chi connectivity index (χ2n) is 15.0.